The number of methoxy groups -OCH3 is 1. The smallest absolute Gasteiger partial charge is 0.119 e. The molecule has 0 amide bonds. The molecule has 20 heavy (non-hydrogen) atoms. The van der Waals surface area contributed by atoms with E-state index in [2.05, 4.69) is 17.4 Å². The molecule has 0 saturated heterocycles. The Morgan fingerprint density at radius 1 is 1.05 bits per heavy atom. The molecule has 0 bridgehead atoms. The number of ether oxygens (including phenoxy) is 1. The van der Waals surface area contributed by atoms with E-state index in [0.717, 1.165) is 24.3 Å². The Morgan fingerprint density at radius 2 is 1.75 bits per heavy atom. The quantitative estimate of drug-likeness (QED) is 0.813. The van der Waals surface area contributed by atoms with Crippen LogP contribution in [0.4, 0.5) is 5.69 Å². The Labute approximate surface area is 120 Å². The number of hydrogen-bond acceptors (Lipinski definition) is 3. The summed E-state index contributed by atoms with van der Waals surface area (Å²) >= 11 is 0. The van der Waals surface area contributed by atoms with Crippen LogP contribution in [0.25, 0.3) is 0 Å². The molecule has 0 spiro atoms. The van der Waals surface area contributed by atoms with Crippen LogP contribution in [-0.4, -0.2) is 24.9 Å². The molecule has 0 heterocycles. The molecular weight excluding hydrogens is 250 g/mol. The molecule has 0 aliphatic rings. The van der Waals surface area contributed by atoms with Gasteiger partial charge >= 0.3 is 0 Å². The highest BCUT2D eigenvalue weighted by Gasteiger charge is 2.07. The lowest BCUT2D eigenvalue weighted by Crippen LogP contribution is -2.24. The monoisotopic (exact) mass is 271 g/mol. The van der Waals surface area contributed by atoms with Crippen molar-refractivity contribution in [2.45, 2.75) is 18.9 Å². The van der Waals surface area contributed by atoms with Gasteiger partial charge in [0.2, 0.25) is 0 Å². The van der Waals surface area contributed by atoms with Crippen molar-refractivity contribution in [2.24, 2.45) is 0 Å². The standard InChI is InChI=1S/C17H21NO2/c1-20-17-11-9-15(10-12-17)18-16(13-19)8-7-14-5-3-2-4-6-14/h2-6,9-12,16,18-19H,7-8,13H2,1H3. The van der Waals surface area contributed by atoms with Crippen molar-refractivity contribution in [3.63, 3.8) is 0 Å². The molecule has 1 atom stereocenters. The highest BCUT2D eigenvalue weighted by Crippen LogP contribution is 2.17. The van der Waals surface area contributed by atoms with Gasteiger partial charge in [0.05, 0.1) is 13.7 Å². The highest BCUT2D eigenvalue weighted by molar-refractivity contribution is 5.47. The van der Waals surface area contributed by atoms with E-state index in [0.29, 0.717) is 0 Å². The van der Waals surface area contributed by atoms with Crippen LogP contribution in [0.2, 0.25) is 0 Å². The van der Waals surface area contributed by atoms with Crippen LogP contribution in [0.15, 0.2) is 54.6 Å². The summed E-state index contributed by atoms with van der Waals surface area (Å²) in [7, 11) is 1.65. The van der Waals surface area contributed by atoms with Crippen LogP contribution in [0, 0.1) is 0 Å². The van der Waals surface area contributed by atoms with Crippen molar-refractivity contribution in [1.82, 2.24) is 0 Å². The van der Waals surface area contributed by atoms with E-state index >= 15 is 0 Å². The third kappa shape index (κ3) is 4.28. The van der Waals surface area contributed by atoms with Gasteiger partial charge in [-0.3, -0.25) is 0 Å². The first-order valence-corrected chi connectivity index (χ1v) is 6.87. The van der Waals surface area contributed by atoms with Crippen LogP contribution in [-0.2, 0) is 6.42 Å². The zero-order valence-electron chi connectivity index (χ0n) is 11.8. The van der Waals surface area contributed by atoms with Gasteiger partial charge in [-0.05, 0) is 42.7 Å². The molecule has 2 rings (SSSR count). The average Bonchev–Trinajstić information content (AvgIpc) is 2.53. The molecule has 1 unspecified atom stereocenters. The number of aryl methyl sites for hydroxylation is 1. The second-order valence-electron chi connectivity index (χ2n) is 4.78. The number of hydrogen-bond donors (Lipinski definition) is 2. The van der Waals surface area contributed by atoms with Gasteiger partial charge in [0.1, 0.15) is 5.75 Å². The third-order valence-corrected chi connectivity index (χ3v) is 3.31. The lowest BCUT2D eigenvalue weighted by molar-refractivity contribution is 0.269. The molecule has 0 aliphatic carbocycles. The molecule has 2 aromatic rings. The molecule has 0 saturated carbocycles. The third-order valence-electron chi connectivity index (χ3n) is 3.31. The van der Waals surface area contributed by atoms with Crippen LogP contribution in [0.5, 0.6) is 5.75 Å². The van der Waals surface area contributed by atoms with E-state index < -0.39 is 0 Å². The van der Waals surface area contributed by atoms with Crippen LogP contribution in [0.3, 0.4) is 0 Å². The summed E-state index contributed by atoms with van der Waals surface area (Å²) in [5.41, 5.74) is 2.29. The summed E-state index contributed by atoms with van der Waals surface area (Å²) < 4.78 is 5.13. The van der Waals surface area contributed by atoms with Gasteiger partial charge in [0, 0.05) is 11.7 Å². The van der Waals surface area contributed by atoms with Crippen molar-refractivity contribution in [1.29, 1.82) is 0 Å². The van der Waals surface area contributed by atoms with E-state index in [4.69, 9.17) is 4.74 Å². The first-order valence-electron chi connectivity index (χ1n) is 6.87. The normalized spacial score (nSPS) is 11.9. The van der Waals surface area contributed by atoms with Crippen molar-refractivity contribution in [3.8, 4) is 5.75 Å². The van der Waals surface area contributed by atoms with Crippen molar-refractivity contribution in [2.75, 3.05) is 19.0 Å². The molecule has 3 nitrogen and oxygen atoms in total. The van der Waals surface area contributed by atoms with Gasteiger partial charge in [-0.2, -0.15) is 0 Å². The van der Waals surface area contributed by atoms with Gasteiger partial charge in [-0.25, -0.2) is 0 Å². The summed E-state index contributed by atoms with van der Waals surface area (Å²) in [6, 6.07) is 18.1. The van der Waals surface area contributed by atoms with Crippen LogP contribution < -0.4 is 10.1 Å². The average molecular weight is 271 g/mol. The highest BCUT2D eigenvalue weighted by atomic mass is 16.5. The number of nitrogens with one attached hydrogen (secondary N) is 1. The molecule has 0 aromatic heterocycles. The maximum atomic E-state index is 9.48. The topological polar surface area (TPSA) is 41.5 Å². The molecule has 2 N–H and O–H groups in total. The molecule has 3 heteroatoms. The number of anilines is 1. The molecule has 0 fully saturated rings. The lowest BCUT2D eigenvalue weighted by Gasteiger charge is -2.17. The Balaban J connectivity index is 1.88. The predicted octanol–water partition coefficient (Wildman–Crippen LogP) is 3.10. The number of aliphatic hydroxyl groups is 1. The summed E-state index contributed by atoms with van der Waals surface area (Å²) in [5, 5.41) is 12.8. The first kappa shape index (κ1) is 14.4. The van der Waals surface area contributed by atoms with E-state index in [9.17, 15) is 5.11 Å². The summed E-state index contributed by atoms with van der Waals surface area (Å²) in [4.78, 5) is 0. The fourth-order valence-corrected chi connectivity index (χ4v) is 2.12. The fraction of sp³-hybridized carbons (Fsp3) is 0.294. The Kier molecular flexibility index (Phi) is 5.44. The Morgan fingerprint density at radius 3 is 2.35 bits per heavy atom. The lowest BCUT2D eigenvalue weighted by atomic mass is 10.1. The van der Waals surface area contributed by atoms with Gasteiger partial charge in [0.15, 0.2) is 0 Å². The first-order chi connectivity index (χ1) is 9.81. The zero-order valence-corrected chi connectivity index (χ0v) is 11.8. The van der Waals surface area contributed by atoms with Crippen molar-refractivity contribution < 1.29 is 9.84 Å². The van der Waals surface area contributed by atoms with E-state index in [1.807, 2.05) is 42.5 Å². The number of aliphatic hydroxyl groups excluding tert-OH is 1. The van der Waals surface area contributed by atoms with Crippen molar-refractivity contribution in [3.05, 3.63) is 60.2 Å². The number of benzene rings is 2. The summed E-state index contributed by atoms with van der Waals surface area (Å²) in [6.45, 7) is 0.124. The minimum atomic E-state index is 0.0589. The minimum absolute atomic E-state index is 0.0589. The van der Waals surface area contributed by atoms with Crippen molar-refractivity contribution >= 4 is 5.69 Å². The SMILES string of the molecule is COc1ccc(NC(CO)CCc2ccccc2)cc1. The summed E-state index contributed by atoms with van der Waals surface area (Å²) in [5.74, 6) is 0.834. The molecular formula is C17H21NO2. The van der Waals surface area contributed by atoms with Gasteiger partial charge in [0.25, 0.3) is 0 Å². The largest absolute Gasteiger partial charge is 0.497 e. The fourth-order valence-electron chi connectivity index (χ4n) is 2.12. The second kappa shape index (κ2) is 7.56. The predicted molar refractivity (Wildman–Crippen MR) is 82.3 cm³/mol. The maximum Gasteiger partial charge on any atom is 0.119 e. The van der Waals surface area contributed by atoms with E-state index in [1.165, 1.54) is 5.56 Å². The zero-order chi connectivity index (χ0) is 14.2. The Bertz CT molecular complexity index is 496. The number of rotatable bonds is 7. The second-order valence-corrected chi connectivity index (χ2v) is 4.78. The maximum absolute atomic E-state index is 9.48. The molecule has 0 radical (unpaired) electrons. The molecule has 2 aromatic carbocycles. The summed E-state index contributed by atoms with van der Waals surface area (Å²) in [6.07, 6.45) is 1.85. The minimum Gasteiger partial charge on any atom is -0.497 e. The molecule has 106 valence electrons. The molecule has 0 aliphatic heterocycles. The Hall–Kier alpha value is -2.00. The van der Waals surface area contributed by atoms with E-state index in [-0.39, 0.29) is 12.6 Å². The van der Waals surface area contributed by atoms with Crippen LogP contribution >= 0.6 is 0 Å². The van der Waals surface area contributed by atoms with Crippen LogP contribution in [0.1, 0.15) is 12.0 Å². The van der Waals surface area contributed by atoms with Gasteiger partial charge in [-0.1, -0.05) is 30.3 Å². The van der Waals surface area contributed by atoms with Gasteiger partial charge in [-0.15, -0.1) is 0 Å². The van der Waals surface area contributed by atoms with E-state index in [1.54, 1.807) is 7.11 Å². The van der Waals surface area contributed by atoms with Gasteiger partial charge < -0.3 is 15.2 Å².